The Balaban J connectivity index is 2.39. The van der Waals surface area contributed by atoms with Crippen molar-refractivity contribution in [1.29, 1.82) is 0 Å². The number of quaternary nitrogens is 1. The maximum atomic E-state index is 10.9. The number of hydrogen-bond acceptors (Lipinski definition) is 1. The molecule has 0 amide bonds. The Hall–Kier alpha value is -0.860. The van der Waals surface area contributed by atoms with Crippen LogP contribution in [0, 0.1) is 0 Å². The first kappa shape index (κ1) is 12.6. The number of aliphatic hydroxyl groups is 1. The molecular weight excluding hydrogens is 210 g/mol. The van der Waals surface area contributed by atoms with Gasteiger partial charge in [0.25, 0.3) is 0 Å². The van der Waals surface area contributed by atoms with Crippen molar-refractivity contribution in [2.75, 3.05) is 21.1 Å². The topological polar surface area (TPSA) is 20.2 Å². The summed E-state index contributed by atoms with van der Waals surface area (Å²) in [6.45, 7) is 0. The van der Waals surface area contributed by atoms with Gasteiger partial charge in [0, 0.05) is 5.56 Å². The first-order chi connectivity index (χ1) is 7.93. The molecule has 0 spiro atoms. The van der Waals surface area contributed by atoms with Crippen LogP contribution < -0.4 is 0 Å². The fourth-order valence-electron chi connectivity index (χ4n) is 3.37. The van der Waals surface area contributed by atoms with E-state index in [1.54, 1.807) is 0 Å². The lowest BCUT2D eigenvalue weighted by molar-refractivity contribution is -0.910. The van der Waals surface area contributed by atoms with Gasteiger partial charge in [0.05, 0.1) is 21.1 Å². The summed E-state index contributed by atoms with van der Waals surface area (Å²) in [4.78, 5) is 0. The fourth-order valence-corrected chi connectivity index (χ4v) is 3.37. The summed E-state index contributed by atoms with van der Waals surface area (Å²) >= 11 is 0. The smallest absolute Gasteiger partial charge is 0.143 e. The van der Waals surface area contributed by atoms with Crippen LogP contribution in [-0.4, -0.2) is 36.3 Å². The summed E-state index contributed by atoms with van der Waals surface area (Å²) in [7, 11) is 6.52. The van der Waals surface area contributed by atoms with Gasteiger partial charge in [-0.2, -0.15) is 0 Å². The zero-order chi connectivity index (χ0) is 12.5. The molecule has 94 valence electrons. The summed E-state index contributed by atoms with van der Waals surface area (Å²) in [5.74, 6) is 0. The molecule has 17 heavy (non-hydrogen) atoms. The monoisotopic (exact) mass is 234 g/mol. The number of rotatable bonds is 3. The van der Waals surface area contributed by atoms with Gasteiger partial charge in [0.2, 0.25) is 0 Å². The van der Waals surface area contributed by atoms with E-state index < -0.39 is 5.60 Å². The SMILES string of the molecule is C[N+](C)(C)[C@@H](c1ccccc1)C1(O)CCCC1. The second-order valence-corrected chi connectivity index (χ2v) is 6.24. The highest BCUT2D eigenvalue weighted by atomic mass is 16.3. The van der Waals surface area contributed by atoms with Gasteiger partial charge in [0.1, 0.15) is 11.6 Å². The summed E-state index contributed by atoms with van der Waals surface area (Å²) in [5.41, 5.74) is 0.726. The van der Waals surface area contributed by atoms with Crippen LogP contribution in [0.4, 0.5) is 0 Å². The van der Waals surface area contributed by atoms with Gasteiger partial charge < -0.3 is 9.59 Å². The van der Waals surface area contributed by atoms with Crippen molar-refractivity contribution in [3.05, 3.63) is 35.9 Å². The second-order valence-electron chi connectivity index (χ2n) is 6.24. The van der Waals surface area contributed by atoms with Crippen molar-refractivity contribution in [3.8, 4) is 0 Å². The van der Waals surface area contributed by atoms with E-state index >= 15 is 0 Å². The summed E-state index contributed by atoms with van der Waals surface area (Å²) < 4.78 is 0.778. The van der Waals surface area contributed by atoms with Crippen molar-refractivity contribution in [2.45, 2.75) is 37.3 Å². The third-order valence-electron chi connectivity index (χ3n) is 3.87. The van der Waals surface area contributed by atoms with E-state index in [4.69, 9.17) is 0 Å². The highest BCUT2D eigenvalue weighted by molar-refractivity contribution is 5.21. The molecule has 2 heteroatoms. The molecule has 1 fully saturated rings. The normalized spacial score (nSPS) is 21.4. The van der Waals surface area contributed by atoms with E-state index in [1.807, 2.05) is 6.07 Å². The molecule has 2 nitrogen and oxygen atoms in total. The second kappa shape index (κ2) is 4.43. The summed E-state index contributed by atoms with van der Waals surface area (Å²) in [6.07, 6.45) is 4.17. The molecule has 0 aromatic heterocycles. The Morgan fingerprint density at radius 1 is 1.06 bits per heavy atom. The molecule has 1 N–H and O–H groups in total. The van der Waals surface area contributed by atoms with Gasteiger partial charge in [-0.15, -0.1) is 0 Å². The van der Waals surface area contributed by atoms with Crippen molar-refractivity contribution < 1.29 is 9.59 Å². The molecule has 0 radical (unpaired) electrons. The Morgan fingerprint density at radius 3 is 2.06 bits per heavy atom. The van der Waals surface area contributed by atoms with Gasteiger partial charge in [-0.3, -0.25) is 0 Å². The lowest BCUT2D eigenvalue weighted by atomic mass is 9.85. The quantitative estimate of drug-likeness (QED) is 0.797. The molecule has 2 rings (SSSR count). The van der Waals surface area contributed by atoms with E-state index in [2.05, 4.69) is 45.4 Å². The maximum Gasteiger partial charge on any atom is 0.143 e. The molecule has 0 bridgehead atoms. The maximum absolute atomic E-state index is 10.9. The lowest BCUT2D eigenvalue weighted by Gasteiger charge is -2.43. The highest BCUT2D eigenvalue weighted by Crippen LogP contribution is 2.44. The summed E-state index contributed by atoms with van der Waals surface area (Å²) in [6, 6.07) is 10.6. The summed E-state index contributed by atoms with van der Waals surface area (Å²) in [5, 5.41) is 10.9. The molecule has 1 atom stereocenters. The van der Waals surface area contributed by atoms with Gasteiger partial charge in [0.15, 0.2) is 0 Å². The standard InChI is InChI=1S/C15H24NO/c1-16(2,3)14(13-9-5-4-6-10-13)15(17)11-7-8-12-15/h4-6,9-10,14,17H,7-8,11-12H2,1-3H3/q+1/t14-/m0/s1. The Bertz CT molecular complexity index is 360. The molecule has 1 aliphatic rings. The minimum absolute atomic E-state index is 0.172. The molecule has 1 aliphatic carbocycles. The molecular formula is C15H24NO+. The van der Waals surface area contributed by atoms with Crippen LogP contribution in [0.25, 0.3) is 0 Å². The number of hydrogen-bond donors (Lipinski definition) is 1. The van der Waals surface area contributed by atoms with Crippen molar-refractivity contribution in [1.82, 2.24) is 0 Å². The molecule has 0 heterocycles. The number of benzene rings is 1. The van der Waals surface area contributed by atoms with E-state index in [9.17, 15) is 5.11 Å². The van der Waals surface area contributed by atoms with Crippen LogP contribution in [0.1, 0.15) is 37.3 Å². The zero-order valence-electron chi connectivity index (χ0n) is 11.2. The van der Waals surface area contributed by atoms with E-state index in [0.717, 1.165) is 30.2 Å². The molecule has 1 saturated carbocycles. The van der Waals surface area contributed by atoms with Crippen molar-refractivity contribution in [2.24, 2.45) is 0 Å². The van der Waals surface area contributed by atoms with Crippen molar-refractivity contribution >= 4 is 0 Å². The van der Waals surface area contributed by atoms with Gasteiger partial charge in [-0.1, -0.05) is 43.2 Å². The lowest BCUT2D eigenvalue weighted by Crippen LogP contribution is -2.51. The molecule has 1 aromatic rings. The Kier molecular flexibility index (Phi) is 3.28. The van der Waals surface area contributed by atoms with Gasteiger partial charge >= 0.3 is 0 Å². The Morgan fingerprint density at radius 2 is 1.59 bits per heavy atom. The molecule has 0 unspecified atom stereocenters. The van der Waals surface area contributed by atoms with E-state index in [0.29, 0.717) is 0 Å². The van der Waals surface area contributed by atoms with E-state index in [-0.39, 0.29) is 6.04 Å². The predicted molar refractivity (Wildman–Crippen MR) is 70.6 cm³/mol. The van der Waals surface area contributed by atoms with Crippen LogP contribution in [0.2, 0.25) is 0 Å². The van der Waals surface area contributed by atoms with Crippen LogP contribution in [0.3, 0.4) is 0 Å². The van der Waals surface area contributed by atoms with Crippen LogP contribution in [0.15, 0.2) is 30.3 Å². The predicted octanol–water partition coefficient (Wildman–Crippen LogP) is 2.74. The minimum atomic E-state index is -0.528. The van der Waals surface area contributed by atoms with Crippen molar-refractivity contribution in [3.63, 3.8) is 0 Å². The fraction of sp³-hybridized carbons (Fsp3) is 0.600. The van der Waals surface area contributed by atoms with Gasteiger partial charge in [-0.25, -0.2) is 0 Å². The van der Waals surface area contributed by atoms with Crippen LogP contribution in [-0.2, 0) is 0 Å². The first-order valence-electron chi connectivity index (χ1n) is 6.52. The average Bonchev–Trinajstić information content (AvgIpc) is 2.65. The number of likely N-dealkylation sites (N-methyl/N-ethyl adjacent to an activating group) is 1. The molecule has 0 aliphatic heterocycles. The number of nitrogens with zero attached hydrogens (tertiary/aromatic N) is 1. The average molecular weight is 234 g/mol. The third-order valence-corrected chi connectivity index (χ3v) is 3.87. The molecule has 0 saturated heterocycles. The van der Waals surface area contributed by atoms with Gasteiger partial charge in [-0.05, 0) is 12.8 Å². The Labute approximate surface area is 104 Å². The van der Waals surface area contributed by atoms with Crippen LogP contribution >= 0.6 is 0 Å². The third kappa shape index (κ3) is 2.53. The van der Waals surface area contributed by atoms with Crippen LogP contribution in [0.5, 0.6) is 0 Å². The van der Waals surface area contributed by atoms with E-state index in [1.165, 1.54) is 5.56 Å². The minimum Gasteiger partial charge on any atom is -0.383 e. The largest absolute Gasteiger partial charge is 0.383 e. The first-order valence-corrected chi connectivity index (χ1v) is 6.52. The zero-order valence-corrected chi connectivity index (χ0v) is 11.2. The highest BCUT2D eigenvalue weighted by Gasteiger charge is 2.47. The molecule has 1 aromatic carbocycles.